The SMILES string of the molecule is O=C(Cc1ccc(Cl)cc1)NCC1(c2ccc3c(c2)OCCO3)CCCC1. The highest BCUT2D eigenvalue weighted by Gasteiger charge is 2.36. The Hall–Kier alpha value is -2.20. The third-order valence-electron chi connectivity index (χ3n) is 5.62. The molecule has 1 aliphatic carbocycles. The summed E-state index contributed by atoms with van der Waals surface area (Å²) in [7, 11) is 0. The molecule has 0 aromatic heterocycles. The summed E-state index contributed by atoms with van der Waals surface area (Å²) in [5.74, 6) is 1.67. The lowest BCUT2D eigenvalue weighted by Gasteiger charge is -2.31. The normalized spacial score (nSPS) is 17.5. The predicted octanol–water partition coefficient (Wildman–Crippen LogP) is 4.28. The van der Waals surface area contributed by atoms with Crippen molar-refractivity contribution in [3.63, 3.8) is 0 Å². The number of carbonyl (C=O) groups is 1. The quantitative estimate of drug-likeness (QED) is 0.835. The second-order valence-electron chi connectivity index (χ2n) is 7.43. The van der Waals surface area contributed by atoms with Gasteiger partial charge >= 0.3 is 0 Å². The third-order valence-corrected chi connectivity index (χ3v) is 5.87. The maximum Gasteiger partial charge on any atom is 0.224 e. The van der Waals surface area contributed by atoms with Gasteiger partial charge in [-0.3, -0.25) is 4.79 Å². The fraction of sp³-hybridized carbons (Fsp3) is 0.409. The molecule has 4 nitrogen and oxygen atoms in total. The minimum atomic E-state index is -0.0223. The van der Waals surface area contributed by atoms with Crippen LogP contribution in [0.25, 0.3) is 0 Å². The van der Waals surface area contributed by atoms with Gasteiger partial charge in [0.15, 0.2) is 11.5 Å². The van der Waals surface area contributed by atoms with Crippen LogP contribution in [0.5, 0.6) is 11.5 Å². The monoisotopic (exact) mass is 385 g/mol. The second-order valence-corrected chi connectivity index (χ2v) is 7.86. The zero-order valence-electron chi connectivity index (χ0n) is 15.3. The molecule has 0 atom stereocenters. The van der Waals surface area contributed by atoms with E-state index in [0.717, 1.165) is 29.9 Å². The summed E-state index contributed by atoms with van der Waals surface area (Å²) in [6.07, 6.45) is 4.89. The van der Waals surface area contributed by atoms with E-state index in [9.17, 15) is 4.79 Å². The number of benzene rings is 2. The molecule has 4 rings (SSSR count). The number of fused-ring (bicyclic) bond motifs is 1. The van der Waals surface area contributed by atoms with Gasteiger partial charge in [0.05, 0.1) is 6.42 Å². The van der Waals surface area contributed by atoms with E-state index < -0.39 is 0 Å². The number of carbonyl (C=O) groups excluding carboxylic acids is 1. The largest absolute Gasteiger partial charge is 0.486 e. The fourth-order valence-electron chi connectivity index (χ4n) is 4.11. The number of halogens is 1. The molecule has 5 heteroatoms. The molecule has 0 unspecified atom stereocenters. The van der Waals surface area contributed by atoms with Crippen LogP contribution < -0.4 is 14.8 Å². The Morgan fingerprint density at radius 1 is 1.00 bits per heavy atom. The molecule has 1 amide bonds. The number of rotatable bonds is 5. The molecule has 0 spiro atoms. The Balaban J connectivity index is 1.46. The maximum absolute atomic E-state index is 12.5. The molecular weight excluding hydrogens is 362 g/mol. The molecule has 27 heavy (non-hydrogen) atoms. The van der Waals surface area contributed by atoms with Gasteiger partial charge in [-0.2, -0.15) is 0 Å². The van der Waals surface area contributed by atoms with Crippen LogP contribution in [-0.4, -0.2) is 25.7 Å². The van der Waals surface area contributed by atoms with Crippen LogP contribution in [-0.2, 0) is 16.6 Å². The fourth-order valence-corrected chi connectivity index (χ4v) is 4.24. The number of ether oxygens (including phenoxy) is 2. The highest BCUT2D eigenvalue weighted by molar-refractivity contribution is 6.30. The van der Waals surface area contributed by atoms with Gasteiger partial charge in [-0.15, -0.1) is 0 Å². The molecule has 0 bridgehead atoms. The van der Waals surface area contributed by atoms with Crippen molar-refractivity contribution in [2.45, 2.75) is 37.5 Å². The van der Waals surface area contributed by atoms with Gasteiger partial charge in [0, 0.05) is 17.0 Å². The molecule has 0 radical (unpaired) electrons. The zero-order valence-corrected chi connectivity index (χ0v) is 16.1. The van der Waals surface area contributed by atoms with Crippen molar-refractivity contribution in [1.82, 2.24) is 5.32 Å². The average molecular weight is 386 g/mol. The molecule has 1 aliphatic heterocycles. The number of nitrogens with one attached hydrogen (secondary N) is 1. The maximum atomic E-state index is 12.5. The molecule has 1 fully saturated rings. The third kappa shape index (κ3) is 4.06. The predicted molar refractivity (Wildman–Crippen MR) is 106 cm³/mol. The highest BCUT2D eigenvalue weighted by Crippen LogP contribution is 2.43. The van der Waals surface area contributed by atoms with E-state index in [-0.39, 0.29) is 11.3 Å². The average Bonchev–Trinajstić information content (AvgIpc) is 3.18. The van der Waals surface area contributed by atoms with Crippen molar-refractivity contribution in [3.8, 4) is 11.5 Å². The molecule has 2 aromatic rings. The minimum Gasteiger partial charge on any atom is -0.486 e. The minimum absolute atomic E-state index is 0.0223. The summed E-state index contributed by atoms with van der Waals surface area (Å²) in [5.41, 5.74) is 2.18. The van der Waals surface area contributed by atoms with Crippen LogP contribution in [0.2, 0.25) is 5.02 Å². The Morgan fingerprint density at radius 3 is 2.44 bits per heavy atom. The highest BCUT2D eigenvalue weighted by atomic mass is 35.5. The summed E-state index contributed by atoms with van der Waals surface area (Å²) < 4.78 is 11.4. The molecular formula is C22H24ClNO3. The topological polar surface area (TPSA) is 47.6 Å². The summed E-state index contributed by atoms with van der Waals surface area (Å²) in [6.45, 7) is 1.83. The first-order valence-corrected chi connectivity index (χ1v) is 9.94. The summed E-state index contributed by atoms with van der Waals surface area (Å²) in [6, 6.07) is 13.7. The van der Waals surface area contributed by atoms with Gasteiger partial charge in [-0.05, 0) is 48.2 Å². The van der Waals surface area contributed by atoms with Gasteiger partial charge in [-0.1, -0.05) is 42.6 Å². The first-order valence-electron chi connectivity index (χ1n) is 9.56. The Kier molecular flexibility index (Phi) is 5.26. The molecule has 0 saturated heterocycles. The Morgan fingerprint density at radius 2 is 1.70 bits per heavy atom. The van der Waals surface area contributed by atoms with Gasteiger partial charge in [0.1, 0.15) is 13.2 Å². The lowest BCUT2D eigenvalue weighted by molar-refractivity contribution is -0.120. The van der Waals surface area contributed by atoms with E-state index in [4.69, 9.17) is 21.1 Å². The first kappa shape index (κ1) is 18.2. The van der Waals surface area contributed by atoms with Crippen molar-refractivity contribution in [2.75, 3.05) is 19.8 Å². The smallest absolute Gasteiger partial charge is 0.224 e. The van der Waals surface area contributed by atoms with Crippen LogP contribution >= 0.6 is 11.6 Å². The van der Waals surface area contributed by atoms with Crippen molar-refractivity contribution >= 4 is 17.5 Å². The lowest BCUT2D eigenvalue weighted by Crippen LogP contribution is -2.39. The van der Waals surface area contributed by atoms with Crippen molar-refractivity contribution in [2.24, 2.45) is 0 Å². The number of hydrogen-bond donors (Lipinski definition) is 1. The molecule has 2 aromatic carbocycles. The molecule has 1 heterocycles. The van der Waals surface area contributed by atoms with Gasteiger partial charge in [0.2, 0.25) is 5.91 Å². The number of hydrogen-bond acceptors (Lipinski definition) is 3. The molecule has 2 aliphatic rings. The molecule has 142 valence electrons. The lowest BCUT2D eigenvalue weighted by atomic mass is 9.78. The summed E-state index contributed by atoms with van der Waals surface area (Å²) >= 11 is 5.91. The van der Waals surface area contributed by atoms with E-state index in [1.165, 1.54) is 18.4 Å². The van der Waals surface area contributed by atoms with Crippen molar-refractivity contribution in [3.05, 3.63) is 58.6 Å². The van der Waals surface area contributed by atoms with Crippen molar-refractivity contribution in [1.29, 1.82) is 0 Å². The summed E-state index contributed by atoms with van der Waals surface area (Å²) in [4.78, 5) is 12.5. The van der Waals surface area contributed by atoms with Gasteiger partial charge in [0.25, 0.3) is 0 Å². The van der Waals surface area contributed by atoms with E-state index >= 15 is 0 Å². The molecule has 1 N–H and O–H groups in total. The molecule has 1 saturated carbocycles. The van der Waals surface area contributed by atoms with Crippen molar-refractivity contribution < 1.29 is 14.3 Å². The van der Waals surface area contributed by atoms with Crippen LogP contribution in [0, 0.1) is 0 Å². The van der Waals surface area contributed by atoms with Gasteiger partial charge in [-0.25, -0.2) is 0 Å². The van der Waals surface area contributed by atoms with Crippen LogP contribution in [0.4, 0.5) is 0 Å². The second kappa shape index (κ2) is 7.81. The first-order chi connectivity index (χ1) is 13.1. The van der Waals surface area contributed by atoms with E-state index in [2.05, 4.69) is 17.4 Å². The Bertz CT molecular complexity index is 813. The van der Waals surface area contributed by atoms with Gasteiger partial charge < -0.3 is 14.8 Å². The van der Waals surface area contributed by atoms with E-state index in [1.54, 1.807) is 0 Å². The summed E-state index contributed by atoms with van der Waals surface area (Å²) in [5, 5.41) is 3.85. The Labute approximate surface area is 164 Å². The standard InChI is InChI=1S/C22H24ClNO3/c23-18-6-3-16(4-7-18)13-21(25)24-15-22(9-1-2-10-22)17-5-8-19-20(14-17)27-12-11-26-19/h3-8,14H,1-2,9-13,15H2,(H,24,25). The van der Waals surface area contributed by atoms with Crippen LogP contribution in [0.3, 0.4) is 0 Å². The van der Waals surface area contributed by atoms with E-state index in [0.29, 0.717) is 31.2 Å². The van der Waals surface area contributed by atoms with Crippen LogP contribution in [0.1, 0.15) is 36.8 Å². The van der Waals surface area contributed by atoms with Crippen LogP contribution in [0.15, 0.2) is 42.5 Å². The zero-order chi connectivity index (χ0) is 18.7. The van der Waals surface area contributed by atoms with E-state index in [1.807, 2.05) is 30.3 Å². The number of amides is 1.